The van der Waals surface area contributed by atoms with Crippen LogP contribution in [0.1, 0.15) is 22.5 Å². The minimum atomic E-state index is -0.319. The smallest absolute Gasteiger partial charge is 0.310 e. The third kappa shape index (κ3) is 3.76. The molecule has 2 heterocycles. The molecular weight excluding hydrogens is 320 g/mol. The third-order valence-electron chi connectivity index (χ3n) is 4.01. The number of aryl methyl sites for hydroxylation is 3. The molecule has 0 aliphatic rings. The molecular formula is C18H20N4O3. The van der Waals surface area contributed by atoms with Gasteiger partial charge in [0.15, 0.2) is 0 Å². The lowest BCUT2D eigenvalue weighted by Gasteiger charge is -2.11. The molecule has 2 aromatic heterocycles. The van der Waals surface area contributed by atoms with Crippen molar-refractivity contribution in [2.75, 3.05) is 13.2 Å². The second-order valence-corrected chi connectivity index (χ2v) is 5.74. The quantitative estimate of drug-likeness (QED) is 0.506. The summed E-state index contributed by atoms with van der Waals surface area (Å²) in [7, 11) is 0. The maximum absolute atomic E-state index is 12.1. The highest BCUT2D eigenvalue weighted by Crippen LogP contribution is 2.16. The van der Waals surface area contributed by atoms with Crippen LogP contribution in [-0.4, -0.2) is 38.8 Å². The first-order valence-electron chi connectivity index (χ1n) is 8.06. The van der Waals surface area contributed by atoms with Crippen LogP contribution in [0.5, 0.6) is 5.75 Å². The summed E-state index contributed by atoms with van der Waals surface area (Å²) in [5.74, 6) is 1.01. The summed E-state index contributed by atoms with van der Waals surface area (Å²) in [5, 5.41) is 4.12. The van der Waals surface area contributed by atoms with Gasteiger partial charge in [0, 0.05) is 17.0 Å². The van der Waals surface area contributed by atoms with Crippen LogP contribution in [0.15, 0.2) is 30.6 Å². The number of aromatic nitrogens is 4. The van der Waals surface area contributed by atoms with Crippen LogP contribution in [0.2, 0.25) is 0 Å². The monoisotopic (exact) mass is 340 g/mol. The first-order chi connectivity index (χ1) is 12.1. The summed E-state index contributed by atoms with van der Waals surface area (Å²) < 4.78 is 12.5. The fraction of sp³-hybridized carbons (Fsp3) is 0.333. The van der Waals surface area contributed by atoms with Crippen molar-refractivity contribution in [1.82, 2.24) is 19.6 Å². The minimum Gasteiger partial charge on any atom is -0.490 e. The van der Waals surface area contributed by atoms with E-state index in [0.717, 1.165) is 28.3 Å². The van der Waals surface area contributed by atoms with Gasteiger partial charge in [0.1, 0.15) is 25.3 Å². The van der Waals surface area contributed by atoms with Crippen LogP contribution in [0, 0.1) is 20.8 Å². The SMILES string of the molecule is Cc1ccccc1OCCOC(=O)Cc1c(C)nc2ncnn2c1C. The standard InChI is InChI=1S/C18H20N4O3/c1-12-6-4-5-7-16(12)24-8-9-25-17(23)10-15-13(2)21-18-19-11-20-22(18)14(15)3/h4-7,11H,8-10H2,1-3H3. The van der Waals surface area contributed by atoms with Gasteiger partial charge in [-0.2, -0.15) is 10.1 Å². The molecule has 0 fully saturated rings. The summed E-state index contributed by atoms with van der Waals surface area (Å²) in [6.45, 7) is 6.23. The summed E-state index contributed by atoms with van der Waals surface area (Å²) in [6, 6.07) is 7.73. The number of carbonyl (C=O) groups excluding carboxylic acids is 1. The Hall–Kier alpha value is -2.96. The van der Waals surface area contributed by atoms with E-state index in [2.05, 4.69) is 15.1 Å². The highest BCUT2D eigenvalue weighted by atomic mass is 16.6. The van der Waals surface area contributed by atoms with E-state index in [-0.39, 0.29) is 19.0 Å². The number of esters is 1. The third-order valence-corrected chi connectivity index (χ3v) is 4.01. The van der Waals surface area contributed by atoms with Crippen LogP contribution >= 0.6 is 0 Å². The number of hydrogen-bond donors (Lipinski definition) is 0. The van der Waals surface area contributed by atoms with Crippen molar-refractivity contribution in [3.05, 3.63) is 53.1 Å². The molecule has 0 bridgehead atoms. The molecule has 0 amide bonds. The van der Waals surface area contributed by atoms with E-state index in [4.69, 9.17) is 9.47 Å². The normalized spacial score (nSPS) is 10.8. The van der Waals surface area contributed by atoms with Crippen LogP contribution in [0.25, 0.3) is 5.78 Å². The van der Waals surface area contributed by atoms with Gasteiger partial charge in [0.25, 0.3) is 5.78 Å². The Morgan fingerprint density at radius 3 is 2.76 bits per heavy atom. The molecule has 0 unspecified atom stereocenters. The van der Waals surface area contributed by atoms with Crippen molar-refractivity contribution in [2.45, 2.75) is 27.2 Å². The average Bonchev–Trinajstić information content (AvgIpc) is 3.05. The van der Waals surface area contributed by atoms with Crippen LogP contribution in [0.4, 0.5) is 0 Å². The number of ether oxygens (including phenoxy) is 2. The second-order valence-electron chi connectivity index (χ2n) is 5.74. The maximum atomic E-state index is 12.1. The number of benzene rings is 1. The van der Waals surface area contributed by atoms with E-state index in [0.29, 0.717) is 12.4 Å². The predicted molar refractivity (Wildman–Crippen MR) is 91.6 cm³/mol. The highest BCUT2D eigenvalue weighted by Gasteiger charge is 2.15. The van der Waals surface area contributed by atoms with Crippen LogP contribution in [-0.2, 0) is 16.0 Å². The largest absolute Gasteiger partial charge is 0.490 e. The lowest BCUT2D eigenvalue weighted by atomic mass is 10.1. The van der Waals surface area contributed by atoms with E-state index >= 15 is 0 Å². The molecule has 7 nitrogen and oxygen atoms in total. The Balaban J connectivity index is 1.55. The zero-order valence-corrected chi connectivity index (χ0v) is 14.5. The van der Waals surface area contributed by atoms with E-state index in [1.54, 1.807) is 4.52 Å². The number of fused-ring (bicyclic) bond motifs is 1. The summed E-state index contributed by atoms with van der Waals surface area (Å²) >= 11 is 0. The first-order valence-corrected chi connectivity index (χ1v) is 8.06. The van der Waals surface area contributed by atoms with Crippen molar-refractivity contribution in [3.8, 4) is 5.75 Å². The molecule has 0 spiro atoms. The van der Waals surface area contributed by atoms with Crippen molar-refractivity contribution < 1.29 is 14.3 Å². The Morgan fingerprint density at radius 1 is 1.16 bits per heavy atom. The minimum absolute atomic E-state index is 0.144. The number of hydrogen-bond acceptors (Lipinski definition) is 6. The van der Waals surface area contributed by atoms with Gasteiger partial charge in [-0.1, -0.05) is 18.2 Å². The lowest BCUT2D eigenvalue weighted by molar-refractivity contribution is -0.143. The molecule has 0 atom stereocenters. The molecule has 0 N–H and O–H groups in total. The van der Waals surface area contributed by atoms with Gasteiger partial charge in [-0.05, 0) is 32.4 Å². The van der Waals surface area contributed by atoms with Gasteiger partial charge < -0.3 is 9.47 Å². The zero-order valence-electron chi connectivity index (χ0n) is 14.5. The van der Waals surface area contributed by atoms with E-state index in [1.807, 2.05) is 45.0 Å². The van der Waals surface area contributed by atoms with E-state index in [1.165, 1.54) is 6.33 Å². The Bertz CT molecular complexity index is 904. The maximum Gasteiger partial charge on any atom is 0.310 e. The number of para-hydroxylation sites is 1. The molecule has 25 heavy (non-hydrogen) atoms. The average molecular weight is 340 g/mol. The van der Waals surface area contributed by atoms with E-state index in [9.17, 15) is 4.79 Å². The van der Waals surface area contributed by atoms with Crippen LogP contribution in [0.3, 0.4) is 0 Å². The van der Waals surface area contributed by atoms with Gasteiger partial charge in [0.2, 0.25) is 0 Å². The number of rotatable bonds is 6. The molecule has 3 rings (SSSR count). The number of carbonyl (C=O) groups is 1. The van der Waals surface area contributed by atoms with Crippen molar-refractivity contribution in [3.63, 3.8) is 0 Å². The topological polar surface area (TPSA) is 78.6 Å². The fourth-order valence-corrected chi connectivity index (χ4v) is 2.63. The van der Waals surface area contributed by atoms with Crippen molar-refractivity contribution >= 4 is 11.7 Å². The van der Waals surface area contributed by atoms with Crippen molar-refractivity contribution in [2.24, 2.45) is 0 Å². The van der Waals surface area contributed by atoms with Crippen LogP contribution < -0.4 is 4.74 Å². The number of nitrogens with zero attached hydrogens (tertiary/aromatic N) is 4. The Morgan fingerprint density at radius 2 is 1.96 bits per heavy atom. The summed E-state index contributed by atoms with van der Waals surface area (Å²) in [4.78, 5) is 20.5. The Labute approximate surface area is 145 Å². The molecule has 0 aliphatic heterocycles. The zero-order chi connectivity index (χ0) is 17.8. The fourth-order valence-electron chi connectivity index (χ4n) is 2.63. The van der Waals surface area contributed by atoms with Gasteiger partial charge in [-0.3, -0.25) is 4.79 Å². The molecule has 0 saturated carbocycles. The molecule has 3 aromatic rings. The molecule has 0 aliphatic carbocycles. The Kier molecular flexibility index (Phi) is 4.92. The lowest BCUT2D eigenvalue weighted by Crippen LogP contribution is -2.16. The molecule has 7 heteroatoms. The molecule has 0 radical (unpaired) electrons. The highest BCUT2D eigenvalue weighted by molar-refractivity contribution is 5.73. The van der Waals surface area contributed by atoms with E-state index < -0.39 is 0 Å². The van der Waals surface area contributed by atoms with Gasteiger partial charge in [0.05, 0.1) is 6.42 Å². The molecule has 1 aromatic carbocycles. The first kappa shape index (κ1) is 16.9. The van der Waals surface area contributed by atoms with Crippen molar-refractivity contribution in [1.29, 1.82) is 0 Å². The van der Waals surface area contributed by atoms with Gasteiger partial charge in [-0.15, -0.1) is 0 Å². The van der Waals surface area contributed by atoms with Gasteiger partial charge >= 0.3 is 5.97 Å². The summed E-state index contributed by atoms with van der Waals surface area (Å²) in [5.41, 5.74) is 3.45. The van der Waals surface area contributed by atoms with Gasteiger partial charge in [-0.25, -0.2) is 9.50 Å². The molecule has 0 saturated heterocycles. The second kappa shape index (κ2) is 7.29. The summed E-state index contributed by atoms with van der Waals surface area (Å²) in [6.07, 6.45) is 1.59. The predicted octanol–water partition coefficient (Wildman–Crippen LogP) is 2.21. The molecule has 130 valence electrons.